The number of aliphatic carboxylic acids is 1. The number of halogens is 1. The summed E-state index contributed by atoms with van der Waals surface area (Å²) < 4.78 is 0. The lowest BCUT2D eigenvalue weighted by Crippen LogP contribution is -2.36. The molecule has 1 atom stereocenters. The molecule has 0 radical (unpaired) electrons. The largest absolute Gasteiger partial charge is 0.480 e. The van der Waals surface area contributed by atoms with Crippen molar-refractivity contribution < 1.29 is 14.7 Å². The molecule has 0 saturated heterocycles. The standard InChI is InChI=1S/C11H13ClN2O3S/c12-10-2-1-8(5-13-10)6-18-4-3-9(11(16)17)14-7-15/h1-2,5,7,9H,3-4,6H2,(H,14,15)(H,16,17). The second-order valence-electron chi connectivity index (χ2n) is 3.51. The van der Waals surface area contributed by atoms with E-state index in [2.05, 4.69) is 10.3 Å². The zero-order valence-corrected chi connectivity index (χ0v) is 11.1. The molecule has 1 heterocycles. The number of hydrogen-bond acceptors (Lipinski definition) is 4. The van der Waals surface area contributed by atoms with E-state index in [9.17, 15) is 9.59 Å². The highest BCUT2D eigenvalue weighted by atomic mass is 35.5. The molecule has 18 heavy (non-hydrogen) atoms. The highest BCUT2D eigenvalue weighted by Crippen LogP contribution is 2.14. The van der Waals surface area contributed by atoms with Crippen LogP contribution >= 0.6 is 23.4 Å². The summed E-state index contributed by atoms with van der Waals surface area (Å²) in [4.78, 5) is 24.9. The van der Waals surface area contributed by atoms with Gasteiger partial charge in [0.25, 0.3) is 0 Å². The van der Waals surface area contributed by atoms with Crippen LogP contribution in [-0.2, 0) is 15.3 Å². The van der Waals surface area contributed by atoms with Crippen LogP contribution in [0.15, 0.2) is 18.3 Å². The van der Waals surface area contributed by atoms with Crippen molar-refractivity contribution in [3.63, 3.8) is 0 Å². The fraction of sp³-hybridized carbons (Fsp3) is 0.364. The molecule has 1 amide bonds. The summed E-state index contributed by atoms with van der Waals surface area (Å²) >= 11 is 7.24. The van der Waals surface area contributed by atoms with Crippen LogP contribution in [0.1, 0.15) is 12.0 Å². The van der Waals surface area contributed by atoms with E-state index in [1.807, 2.05) is 6.07 Å². The van der Waals surface area contributed by atoms with Crippen molar-refractivity contribution in [1.29, 1.82) is 0 Å². The lowest BCUT2D eigenvalue weighted by atomic mass is 10.2. The Kier molecular flexibility index (Phi) is 6.53. The Balaban J connectivity index is 2.27. The smallest absolute Gasteiger partial charge is 0.326 e. The SMILES string of the molecule is O=CNC(CCSCc1ccc(Cl)nc1)C(=O)O. The predicted molar refractivity (Wildman–Crippen MR) is 70.6 cm³/mol. The van der Waals surface area contributed by atoms with Crippen LogP contribution in [0, 0.1) is 0 Å². The van der Waals surface area contributed by atoms with Gasteiger partial charge in [0, 0.05) is 11.9 Å². The third-order valence-corrected chi connectivity index (χ3v) is 3.46. The van der Waals surface area contributed by atoms with E-state index in [1.54, 1.807) is 24.0 Å². The van der Waals surface area contributed by atoms with E-state index < -0.39 is 12.0 Å². The van der Waals surface area contributed by atoms with Crippen molar-refractivity contribution >= 4 is 35.7 Å². The minimum Gasteiger partial charge on any atom is -0.480 e. The molecule has 1 rings (SSSR count). The van der Waals surface area contributed by atoms with E-state index in [4.69, 9.17) is 16.7 Å². The van der Waals surface area contributed by atoms with Gasteiger partial charge < -0.3 is 10.4 Å². The fourth-order valence-corrected chi connectivity index (χ4v) is 2.31. The van der Waals surface area contributed by atoms with Crippen molar-refractivity contribution in [3.8, 4) is 0 Å². The van der Waals surface area contributed by atoms with Gasteiger partial charge in [-0.15, -0.1) is 0 Å². The highest BCUT2D eigenvalue weighted by Gasteiger charge is 2.15. The van der Waals surface area contributed by atoms with Crippen LogP contribution in [0.2, 0.25) is 5.15 Å². The van der Waals surface area contributed by atoms with Crippen LogP contribution in [0.5, 0.6) is 0 Å². The minimum absolute atomic E-state index is 0.389. The summed E-state index contributed by atoms with van der Waals surface area (Å²) in [6.07, 6.45) is 2.49. The third kappa shape index (κ3) is 5.37. The lowest BCUT2D eigenvalue weighted by Gasteiger charge is -2.10. The average molecular weight is 289 g/mol. The van der Waals surface area contributed by atoms with Gasteiger partial charge in [0.05, 0.1) is 0 Å². The number of nitrogens with one attached hydrogen (secondary N) is 1. The number of pyridine rings is 1. The van der Waals surface area contributed by atoms with Gasteiger partial charge in [0.2, 0.25) is 6.41 Å². The first-order valence-corrected chi connectivity index (χ1v) is 6.77. The normalized spacial score (nSPS) is 11.8. The van der Waals surface area contributed by atoms with Gasteiger partial charge >= 0.3 is 5.97 Å². The number of carbonyl (C=O) groups is 2. The summed E-state index contributed by atoms with van der Waals surface area (Å²) in [5.74, 6) is 0.355. The Morgan fingerprint density at radius 2 is 2.39 bits per heavy atom. The number of carbonyl (C=O) groups excluding carboxylic acids is 1. The molecular weight excluding hydrogens is 276 g/mol. The van der Waals surface area contributed by atoms with Crippen molar-refractivity contribution in [2.45, 2.75) is 18.2 Å². The molecule has 0 aliphatic rings. The Hall–Kier alpha value is -1.27. The number of nitrogens with zero attached hydrogens (tertiary/aromatic N) is 1. The van der Waals surface area contributed by atoms with Crippen LogP contribution < -0.4 is 5.32 Å². The van der Waals surface area contributed by atoms with Gasteiger partial charge in [-0.3, -0.25) is 4.79 Å². The molecule has 5 nitrogen and oxygen atoms in total. The van der Waals surface area contributed by atoms with Gasteiger partial charge in [0.1, 0.15) is 11.2 Å². The number of hydrogen-bond donors (Lipinski definition) is 2. The summed E-state index contributed by atoms with van der Waals surface area (Å²) in [5, 5.41) is 11.5. The molecule has 1 aromatic rings. The van der Waals surface area contributed by atoms with Crippen LogP contribution in [0.4, 0.5) is 0 Å². The predicted octanol–water partition coefficient (Wildman–Crippen LogP) is 1.56. The van der Waals surface area contributed by atoms with E-state index >= 15 is 0 Å². The Morgan fingerprint density at radius 1 is 1.61 bits per heavy atom. The first kappa shape index (κ1) is 14.8. The van der Waals surface area contributed by atoms with Crippen LogP contribution in [0.3, 0.4) is 0 Å². The quantitative estimate of drug-likeness (QED) is 0.431. The first-order valence-electron chi connectivity index (χ1n) is 5.24. The second kappa shape index (κ2) is 7.94. The Bertz CT molecular complexity index is 400. The van der Waals surface area contributed by atoms with Gasteiger partial charge in [-0.1, -0.05) is 17.7 Å². The number of thioether (sulfide) groups is 1. The molecule has 0 saturated carbocycles. The molecule has 0 bridgehead atoms. The Labute approximate surface area is 114 Å². The molecule has 98 valence electrons. The van der Waals surface area contributed by atoms with E-state index in [-0.39, 0.29) is 0 Å². The maximum Gasteiger partial charge on any atom is 0.326 e. The maximum atomic E-state index is 10.7. The summed E-state index contributed by atoms with van der Waals surface area (Å²) in [5.41, 5.74) is 1.03. The summed E-state index contributed by atoms with van der Waals surface area (Å²) in [7, 11) is 0. The van der Waals surface area contributed by atoms with Crippen LogP contribution in [0.25, 0.3) is 0 Å². The monoisotopic (exact) mass is 288 g/mol. The molecule has 2 N–H and O–H groups in total. The highest BCUT2D eigenvalue weighted by molar-refractivity contribution is 7.98. The topological polar surface area (TPSA) is 79.3 Å². The maximum absolute atomic E-state index is 10.7. The molecule has 0 fully saturated rings. The fourth-order valence-electron chi connectivity index (χ4n) is 1.24. The molecule has 0 aliphatic carbocycles. The third-order valence-electron chi connectivity index (χ3n) is 2.18. The van der Waals surface area contributed by atoms with Gasteiger partial charge in [0.15, 0.2) is 0 Å². The average Bonchev–Trinajstić information content (AvgIpc) is 2.35. The van der Waals surface area contributed by atoms with E-state index in [0.717, 1.165) is 11.3 Å². The number of carboxylic acid groups (broad SMARTS) is 1. The Morgan fingerprint density at radius 3 is 2.94 bits per heavy atom. The van der Waals surface area contributed by atoms with E-state index in [1.165, 1.54) is 0 Å². The van der Waals surface area contributed by atoms with Crippen LogP contribution in [-0.4, -0.2) is 34.3 Å². The molecule has 0 spiro atoms. The zero-order chi connectivity index (χ0) is 13.4. The molecule has 1 unspecified atom stereocenters. The minimum atomic E-state index is -1.02. The lowest BCUT2D eigenvalue weighted by molar-refractivity contribution is -0.140. The van der Waals surface area contributed by atoms with E-state index in [0.29, 0.717) is 23.7 Å². The van der Waals surface area contributed by atoms with Gasteiger partial charge in [-0.25, -0.2) is 9.78 Å². The second-order valence-corrected chi connectivity index (χ2v) is 5.00. The number of amides is 1. The number of aromatic nitrogens is 1. The summed E-state index contributed by atoms with van der Waals surface area (Å²) in [6, 6.07) is 2.77. The van der Waals surface area contributed by atoms with Crippen molar-refractivity contribution in [2.24, 2.45) is 0 Å². The molecule has 7 heteroatoms. The van der Waals surface area contributed by atoms with Crippen molar-refractivity contribution in [1.82, 2.24) is 10.3 Å². The number of carboxylic acids is 1. The van der Waals surface area contributed by atoms with Crippen molar-refractivity contribution in [3.05, 3.63) is 29.0 Å². The molecule has 0 aliphatic heterocycles. The zero-order valence-electron chi connectivity index (χ0n) is 9.51. The molecule has 1 aromatic heterocycles. The first-order chi connectivity index (χ1) is 8.63. The van der Waals surface area contributed by atoms with Gasteiger partial charge in [-0.2, -0.15) is 11.8 Å². The molecule has 0 aromatic carbocycles. The summed E-state index contributed by atoms with van der Waals surface area (Å²) in [6.45, 7) is 0. The van der Waals surface area contributed by atoms with Gasteiger partial charge in [-0.05, 0) is 23.8 Å². The molecular formula is C11H13ClN2O3S. The number of rotatable bonds is 8. The van der Waals surface area contributed by atoms with Crippen molar-refractivity contribution in [2.75, 3.05) is 5.75 Å².